The first-order valence-corrected chi connectivity index (χ1v) is 5.55. The van der Waals surface area contributed by atoms with Gasteiger partial charge in [-0.25, -0.2) is 0 Å². The van der Waals surface area contributed by atoms with Gasteiger partial charge < -0.3 is 15.8 Å². The van der Waals surface area contributed by atoms with Gasteiger partial charge in [-0.2, -0.15) is 0 Å². The number of nitrogens with two attached hydrogens (primary N) is 1. The first-order valence-electron chi connectivity index (χ1n) is 5.55. The topological polar surface area (TPSA) is 71.1 Å². The van der Waals surface area contributed by atoms with Crippen LogP contribution in [0.1, 0.15) is 5.56 Å². The number of methoxy groups -OCH3 is 1. The number of nitrogens with one attached hydrogen (secondary N) is 2. The summed E-state index contributed by atoms with van der Waals surface area (Å²) in [4.78, 5) is 0. The van der Waals surface area contributed by atoms with Gasteiger partial charge in [0, 0.05) is 16.9 Å². The summed E-state index contributed by atoms with van der Waals surface area (Å²) in [6.45, 7) is 0. The Morgan fingerprint density at radius 2 is 1.74 bits per heavy atom. The lowest BCUT2D eigenvalue weighted by molar-refractivity contribution is 0.415. The second-order valence-corrected chi connectivity index (χ2v) is 3.81. The van der Waals surface area contributed by atoms with E-state index >= 15 is 0 Å². The number of hydrogen-bond donors (Lipinski definition) is 3. The van der Waals surface area contributed by atoms with Crippen LogP contribution in [0.15, 0.2) is 48.5 Å². The van der Waals surface area contributed by atoms with Crippen LogP contribution in [0.25, 0.3) is 0 Å². The second-order valence-electron chi connectivity index (χ2n) is 3.81. The molecule has 0 unspecified atom stereocenters. The molecule has 0 saturated carbocycles. The molecule has 0 amide bonds. The van der Waals surface area contributed by atoms with Crippen molar-refractivity contribution in [3.63, 3.8) is 0 Å². The fraction of sp³-hybridized carbons (Fsp3) is 0.0714. The number of halogens is 1. The van der Waals surface area contributed by atoms with E-state index in [4.69, 9.17) is 15.9 Å². The molecule has 2 aromatic rings. The highest BCUT2D eigenvalue weighted by Gasteiger charge is 2.04. The van der Waals surface area contributed by atoms with Gasteiger partial charge in [0.1, 0.15) is 11.6 Å². The monoisotopic (exact) mass is 277 g/mol. The maximum Gasteiger partial charge on any atom is 0.124 e. The molecule has 0 aliphatic heterocycles. The van der Waals surface area contributed by atoms with Crippen LogP contribution >= 0.6 is 12.4 Å². The lowest BCUT2D eigenvalue weighted by Crippen LogP contribution is -2.13. The van der Waals surface area contributed by atoms with Gasteiger partial charge >= 0.3 is 0 Å². The van der Waals surface area contributed by atoms with Crippen molar-refractivity contribution >= 4 is 29.6 Å². The summed E-state index contributed by atoms with van der Waals surface area (Å²) in [5, 5.41) is 10.8. The molecule has 100 valence electrons. The summed E-state index contributed by atoms with van der Waals surface area (Å²) in [5.74, 6) is 0.854. The molecule has 5 heteroatoms. The van der Waals surface area contributed by atoms with Gasteiger partial charge in [0.15, 0.2) is 0 Å². The number of amidine groups is 1. The Morgan fingerprint density at radius 1 is 1.11 bits per heavy atom. The first kappa shape index (κ1) is 14.9. The quantitative estimate of drug-likeness (QED) is 0.594. The molecule has 4 N–H and O–H groups in total. The summed E-state index contributed by atoms with van der Waals surface area (Å²) in [5.41, 5.74) is 7.96. The highest BCUT2D eigenvalue weighted by molar-refractivity contribution is 6.00. The first-order chi connectivity index (χ1) is 8.70. The van der Waals surface area contributed by atoms with Gasteiger partial charge in [-0.05, 0) is 36.4 Å². The molecule has 0 spiro atoms. The molecule has 0 aliphatic carbocycles. The van der Waals surface area contributed by atoms with Gasteiger partial charge in [-0.1, -0.05) is 12.1 Å². The number of hydrogen-bond acceptors (Lipinski definition) is 3. The zero-order valence-corrected chi connectivity index (χ0v) is 11.3. The molecule has 0 aromatic heterocycles. The Balaban J connectivity index is 0.00000180. The van der Waals surface area contributed by atoms with E-state index in [9.17, 15) is 0 Å². The lowest BCUT2D eigenvalue weighted by atomic mass is 10.1. The zero-order chi connectivity index (χ0) is 13.0. The number of benzene rings is 2. The van der Waals surface area contributed by atoms with E-state index in [0.717, 1.165) is 17.1 Å². The van der Waals surface area contributed by atoms with Crippen molar-refractivity contribution in [2.75, 3.05) is 12.4 Å². The molecule has 2 aromatic carbocycles. The van der Waals surface area contributed by atoms with Crippen LogP contribution in [0.2, 0.25) is 0 Å². The molecule has 0 atom stereocenters. The highest BCUT2D eigenvalue weighted by Crippen LogP contribution is 2.22. The number of anilines is 2. The third-order valence-electron chi connectivity index (χ3n) is 2.59. The van der Waals surface area contributed by atoms with Gasteiger partial charge in [0.2, 0.25) is 0 Å². The minimum atomic E-state index is 0. The smallest absolute Gasteiger partial charge is 0.124 e. The van der Waals surface area contributed by atoms with Crippen molar-refractivity contribution in [2.45, 2.75) is 0 Å². The van der Waals surface area contributed by atoms with E-state index < -0.39 is 0 Å². The number of ether oxygens (including phenoxy) is 1. The Labute approximate surface area is 118 Å². The Kier molecular flexibility index (Phi) is 5.21. The summed E-state index contributed by atoms with van der Waals surface area (Å²) in [7, 11) is 1.63. The molecular formula is C14H16ClN3O. The average molecular weight is 278 g/mol. The second kappa shape index (κ2) is 6.66. The van der Waals surface area contributed by atoms with E-state index in [1.807, 2.05) is 48.5 Å². The standard InChI is InChI=1S/C14H15N3O.ClH/c1-18-11-8-6-10(7-9-11)17-13-5-3-2-4-12(13)14(15)16;/h2-9,17H,1H3,(H3,15,16);1H. The van der Waals surface area contributed by atoms with Crippen LogP contribution < -0.4 is 15.8 Å². The molecule has 0 heterocycles. The third-order valence-corrected chi connectivity index (χ3v) is 2.59. The van der Waals surface area contributed by atoms with Crippen molar-refractivity contribution in [3.05, 3.63) is 54.1 Å². The molecule has 0 bridgehead atoms. The van der Waals surface area contributed by atoms with Crippen molar-refractivity contribution in [1.82, 2.24) is 0 Å². The van der Waals surface area contributed by atoms with E-state index in [-0.39, 0.29) is 18.2 Å². The number of nitrogen functional groups attached to an aromatic ring is 1. The number of para-hydroxylation sites is 1. The SMILES string of the molecule is COc1ccc(Nc2ccccc2C(=N)N)cc1.Cl. The zero-order valence-electron chi connectivity index (χ0n) is 10.5. The van der Waals surface area contributed by atoms with Gasteiger partial charge in [-0.3, -0.25) is 5.41 Å². The van der Waals surface area contributed by atoms with E-state index in [0.29, 0.717) is 5.56 Å². The lowest BCUT2D eigenvalue weighted by Gasteiger charge is -2.11. The van der Waals surface area contributed by atoms with Crippen molar-refractivity contribution in [1.29, 1.82) is 5.41 Å². The van der Waals surface area contributed by atoms with Crippen molar-refractivity contribution in [3.8, 4) is 5.75 Å². The van der Waals surface area contributed by atoms with Gasteiger partial charge in [0.25, 0.3) is 0 Å². The number of rotatable bonds is 4. The molecule has 4 nitrogen and oxygen atoms in total. The van der Waals surface area contributed by atoms with E-state index in [2.05, 4.69) is 5.32 Å². The normalized spacial score (nSPS) is 9.32. The fourth-order valence-electron chi connectivity index (χ4n) is 1.66. The van der Waals surface area contributed by atoms with Gasteiger partial charge in [0.05, 0.1) is 7.11 Å². The molecule has 0 fully saturated rings. The summed E-state index contributed by atoms with van der Waals surface area (Å²) < 4.78 is 5.10. The van der Waals surface area contributed by atoms with Crippen LogP contribution in [-0.2, 0) is 0 Å². The summed E-state index contributed by atoms with van der Waals surface area (Å²) in [6, 6.07) is 15.0. The summed E-state index contributed by atoms with van der Waals surface area (Å²) >= 11 is 0. The molecule has 19 heavy (non-hydrogen) atoms. The van der Waals surface area contributed by atoms with Crippen LogP contribution in [0.3, 0.4) is 0 Å². The molecule has 2 rings (SSSR count). The fourth-order valence-corrected chi connectivity index (χ4v) is 1.66. The van der Waals surface area contributed by atoms with Crippen LogP contribution in [0, 0.1) is 5.41 Å². The van der Waals surface area contributed by atoms with Crippen LogP contribution in [0.5, 0.6) is 5.75 Å². The Bertz CT molecular complexity index is 555. The average Bonchev–Trinajstić information content (AvgIpc) is 2.40. The molecule has 0 aliphatic rings. The summed E-state index contributed by atoms with van der Waals surface area (Å²) in [6.07, 6.45) is 0. The largest absolute Gasteiger partial charge is 0.497 e. The van der Waals surface area contributed by atoms with Crippen LogP contribution in [0.4, 0.5) is 11.4 Å². The third kappa shape index (κ3) is 3.63. The van der Waals surface area contributed by atoms with Crippen LogP contribution in [-0.4, -0.2) is 12.9 Å². The van der Waals surface area contributed by atoms with Gasteiger partial charge in [-0.15, -0.1) is 12.4 Å². The minimum absolute atomic E-state index is 0. The van der Waals surface area contributed by atoms with E-state index in [1.165, 1.54) is 0 Å². The van der Waals surface area contributed by atoms with Crippen molar-refractivity contribution < 1.29 is 4.74 Å². The molecule has 0 radical (unpaired) electrons. The maximum absolute atomic E-state index is 7.52. The predicted octanol–water partition coefficient (Wildman–Crippen LogP) is 3.14. The molecule has 0 saturated heterocycles. The maximum atomic E-state index is 7.52. The predicted molar refractivity (Wildman–Crippen MR) is 81.0 cm³/mol. The highest BCUT2D eigenvalue weighted by atomic mass is 35.5. The Hall–Kier alpha value is -2.20. The Morgan fingerprint density at radius 3 is 2.32 bits per heavy atom. The minimum Gasteiger partial charge on any atom is -0.497 e. The van der Waals surface area contributed by atoms with Crippen molar-refractivity contribution in [2.24, 2.45) is 5.73 Å². The molecular weight excluding hydrogens is 262 g/mol. The van der Waals surface area contributed by atoms with E-state index in [1.54, 1.807) is 7.11 Å².